The monoisotopic (exact) mass is 386 g/mol. The highest BCUT2D eigenvalue weighted by molar-refractivity contribution is 6.03. The van der Waals surface area contributed by atoms with Gasteiger partial charge in [0, 0.05) is 20.0 Å². The minimum atomic E-state index is -0.124. The predicted octanol–water partition coefficient (Wildman–Crippen LogP) is 5.09. The van der Waals surface area contributed by atoms with Crippen molar-refractivity contribution in [2.24, 2.45) is 0 Å². The van der Waals surface area contributed by atoms with E-state index < -0.39 is 0 Å². The molecule has 3 aromatic carbocycles. The van der Waals surface area contributed by atoms with Gasteiger partial charge in [-0.3, -0.25) is 9.59 Å². The van der Waals surface area contributed by atoms with Gasteiger partial charge in [-0.2, -0.15) is 0 Å². The molecule has 3 rings (SSSR count). The third-order valence-corrected chi connectivity index (χ3v) is 4.90. The highest BCUT2D eigenvalue weighted by Crippen LogP contribution is 2.22. The molecule has 4 nitrogen and oxygen atoms in total. The van der Waals surface area contributed by atoms with E-state index in [0.29, 0.717) is 24.2 Å². The number of benzene rings is 3. The average molecular weight is 386 g/mol. The molecule has 3 aromatic rings. The van der Waals surface area contributed by atoms with Gasteiger partial charge in [0.2, 0.25) is 5.91 Å². The Balaban J connectivity index is 1.68. The SMILES string of the molecule is CC(CC(=O)Nc1ccccc1C(=O)N(C)Cc1ccccc1)c1ccccc1. The van der Waals surface area contributed by atoms with E-state index in [0.717, 1.165) is 11.1 Å². The molecular formula is C25H26N2O2. The molecule has 0 saturated carbocycles. The maximum Gasteiger partial charge on any atom is 0.256 e. The molecular weight excluding hydrogens is 360 g/mol. The number of nitrogens with zero attached hydrogens (tertiary/aromatic N) is 1. The van der Waals surface area contributed by atoms with Crippen molar-refractivity contribution in [3.63, 3.8) is 0 Å². The second kappa shape index (κ2) is 9.69. The summed E-state index contributed by atoms with van der Waals surface area (Å²) in [7, 11) is 1.77. The van der Waals surface area contributed by atoms with Crippen molar-refractivity contribution >= 4 is 17.5 Å². The van der Waals surface area contributed by atoms with Crippen LogP contribution in [0.4, 0.5) is 5.69 Å². The first-order chi connectivity index (χ1) is 14.0. The Hall–Kier alpha value is -3.40. The summed E-state index contributed by atoms with van der Waals surface area (Å²) in [5, 5.41) is 2.92. The number of hydrogen-bond acceptors (Lipinski definition) is 2. The van der Waals surface area contributed by atoms with Crippen LogP contribution in [0.3, 0.4) is 0 Å². The third-order valence-electron chi connectivity index (χ3n) is 4.90. The van der Waals surface area contributed by atoms with Gasteiger partial charge >= 0.3 is 0 Å². The summed E-state index contributed by atoms with van der Waals surface area (Å²) >= 11 is 0. The van der Waals surface area contributed by atoms with Gasteiger partial charge in [0.1, 0.15) is 0 Å². The standard InChI is InChI=1S/C25H26N2O2/c1-19(21-13-7-4-8-14-21)17-24(28)26-23-16-10-9-15-22(23)25(29)27(2)18-20-11-5-3-6-12-20/h3-16,19H,17-18H2,1-2H3,(H,26,28). The molecule has 0 bridgehead atoms. The van der Waals surface area contributed by atoms with Crippen molar-refractivity contribution in [3.05, 3.63) is 102 Å². The average Bonchev–Trinajstić information content (AvgIpc) is 2.75. The first-order valence-corrected chi connectivity index (χ1v) is 9.78. The van der Waals surface area contributed by atoms with Crippen molar-refractivity contribution in [3.8, 4) is 0 Å². The minimum Gasteiger partial charge on any atom is -0.337 e. The van der Waals surface area contributed by atoms with Gasteiger partial charge in [0.15, 0.2) is 0 Å². The molecule has 29 heavy (non-hydrogen) atoms. The number of rotatable bonds is 7. The molecule has 0 radical (unpaired) electrons. The summed E-state index contributed by atoms with van der Waals surface area (Å²) in [4.78, 5) is 27.2. The van der Waals surface area contributed by atoms with Crippen LogP contribution in [0.5, 0.6) is 0 Å². The number of para-hydroxylation sites is 1. The lowest BCUT2D eigenvalue weighted by atomic mass is 9.97. The van der Waals surface area contributed by atoms with Crippen LogP contribution >= 0.6 is 0 Å². The van der Waals surface area contributed by atoms with Crippen LogP contribution < -0.4 is 5.32 Å². The Morgan fingerprint density at radius 3 is 2.14 bits per heavy atom. The van der Waals surface area contributed by atoms with Crippen LogP contribution in [0.25, 0.3) is 0 Å². The molecule has 0 heterocycles. The number of amides is 2. The summed E-state index contributed by atoms with van der Waals surface area (Å²) in [6.45, 7) is 2.53. The van der Waals surface area contributed by atoms with Crippen molar-refractivity contribution in [1.82, 2.24) is 4.90 Å². The molecule has 0 aromatic heterocycles. The second-order valence-corrected chi connectivity index (χ2v) is 7.26. The van der Waals surface area contributed by atoms with E-state index in [2.05, 4.69) is 5.32 Å². The molecule has 1 N–H and O–H groups in total. The fourth-order valence-electron chi connectivity index (χ4n) is 3.29. The smallest absolute Gasteiger partial charge is 0.256 e. The molecule has 2 amide bonds. The second-order valence-electron chi connectivity index (χ2n) is 7.26. The van der Waals surface area contributed by atoms with E-state index in [9.17, 15) is 9.59 Å². The first kappa shape index (κ1) is 20.3. The van der Waals surface area contributed by atoms with E-state index in [1.165, 1.54) is 0 Å². The number of hydrogen-bond donors (Lipinski definition) is 1. The van der Waals surface area contributed by atoms with Gasteiger partial charge in [0.05, 0.1) is 11.3 Å². The van der Waals surface area contributed by atoms with Crippen LogP contribution in [-0.2, 0) is 11.3 Å². The molecule has 0 aliphatic rings. The lowest BCUT2D eigenvalue weighted by Crippen LogP contribution is -2.27. The molecule has 0 spiro atoms. The number of carbonyl (C=O) groups is 2. The number of nitrogens with one attached hydrogen (secondary N) is 1. The molecule has 0 aliphatic heterocycles. The molecule has 1 unspecified atom stereocenters. The van der Waals surface area contributed by atoms with Crippen LogP contribution in [0.15, 0.2) is 84.9 Å². The normalized spacial score (nSPS) is 11.5. The summed E-state index contributed by atoms with van der Waals surface area (Å²) in [5.41, 5.74) is 3.21. The van der Waals surface area contributed by atoms with Gasteiger partial charge in [0.25, 0.3) is 5.91 Å². The Bertz CT molecular complexity index is 955. The number of carbonyl (C=O) groups excluding carboxylic acids is 2. The maximum absolute atomic E-state index is 13.0. The van der Waals surface area contributed by atoms with E-state index in [-0.39, 0.29) is 17.7 Å². The Morgan fingerprint density at radius 1 is 0.862 bits per heavy atom. The van der Waals surface area contributed by atoms with Crippen molar-refractivity contribution in [2.75, 3.05) is 12.4 Å². The molecule has 0 saturated heterocycles. The van der Waals surface area contributed by atoms with Crippen LogP contribution in [0.2, 0.25) is 0 Å². The highest BCUT2D eigenvalue weighted by atomic mass is 16.2. The molecule has 4 heteroatoms. The van der Waals surface area contributed by atoms with E-state index in [1.54, 1.807) is 24.1 Å². The Morgan fingerprint density at radius 2 is 1.45 bits per heavy atom. The zero-order valence-electron chi connectivity index (χ0n) is 16.8. The predicted molar refractivity (Wildman–Crippen MR) is 117 cm³/mol. The van der Waals surface area contributed by atoms with Crippen molar-refractivity contribution < 1.29 is 9.59 Å². The molecule has 1 atom stereocenters. The van der Waals surface area contributed by atoms with Gasteiger partial charge in [-0.25, -0.2) is 0 Å². The van der Waals surface area contributed by atoms with Crippen molar-refractivity contribution in [2.45, 2.75) is 25.8 Å². The van der Waals surface area contributed by atoms with Crippen LogP contribution in [0.1, 0.15) is 40.7 Å². The summed E-state index contributed by atoms with van der Waals surface area (Å²) < 4.78 is 0. The number of anilines is 1. The lowest BCUT2D eigenvalue weighted by molar-refractivity contribution is -0.116. The van der Waals surface area contributed by atoms with E-state index in [1.807, 2.05) is 79.7 Å². The van der Waals surface area contributed by atoms with Gasteiger partial charge in [-0.1, -0.05) is 79.7 Å². The minimum absolute atomic E-state index is 0.0971. The van der Waals surface area contributed by atoms with Gasteiger partial charge < -0.3 is 10.2 Å². The van der Waals surface area contributed by atoms with E-state index >= 15 is 0 Å². The van der Waals surface area contributed by atoms with E-state index in [4.69, 9.17) is 0 Å². The summed E-state index contributed by atoms with van der Waals surface area (Å²) in [6, 6.07) is 26.9. The topological polar surface area (TPSA) is 49.4 Å². The Kier molecular flexibility index (Phi) is 6.80. The third kappa shape index (κ3) is 5.55. The molecule has 0 fully saturated rings. The highest BCUT2D eigenvalue weighted by Gasteiger charge is 2.18. The largest absolute Gasteiger partial charge is 0.337 e. The maximum atomic E-state index is 13.0. The summed E-state index contributed by atoms with van der Waals surface area (Å²) in [6.07, 6.45) is 0.354. The quantitative estimate of drug-likeness (QED) is 0.615. The zero-order chi connectivity index (χ0) is 20.6. The van der Waals surface area contributed by atoms with Crippen LogP contribution in [0, 0.1) is 0 Å². The fraction of sp³-hybridized carbons (Fsp3) is 0.200. The Labute approximate surface area is 172 Å². The zero-order valence-corrected chi connectivity index (χ0v) is 16.8. The molecule has 0 aliphatic carbocycles. The lowest BCUT2D eigenvalue weighted by Gasteiger charge is -2.20. The van der Waals surface area contributed by atoms with Gasteiger partial charge in [-0.15, -0.1) is 0 Å². The van der Waals surface area contributed by atoms with Crippen LogP contribution in [-0.4, -0.2) is 23.8 Å². The summed E-state index contributed by atoms with van der Waals surface area (Å²) in [5.74, 6) is -0.131. The fourth-order valence-corrected chi connectivity index (χ4v) is 3.29. The molecule has 148 valence electrons. The van der Waals surface area contributed by atoms with Gasteiger partial charge in [-0.05, 0) is 29.2 Å². The first-order valence-electron chi connectivity index (χ1n) is 9.78. The van der Waals surface area contributed by atoms with Crippen molar-refractivity contribution in [1.29, 1.82) is 0 Å².